The Balaban J connectivity index is 2.28. The standard InChI is InChI=1S/C14H27N5O/c1-3-4-5-7-12(2)16-14(20)11-19-10-13(17-18-19)8-6-9-15/h10,12H,3-9,11,15H2,1-2H3,(H,16,20). The number of hydrogen-bond acceptors (Lipinski definition) is 4. The normalized spacial score (nSPS) is 12.3. The van der Waals surface area contributed by atoms with Crippen LogP contribution in [0.15, 0.2) is 6.20 Å². The van der Waals surface area contributed by atoms with Crippen LogP contribution in [0.4, 0.5) is 0 Å². The highest BCUT2D eigenvalue weighted by atomic mass is 16.2. The fourth-order valence-corrected chi connectivity index (χ4v) is 2.05. The predicted octanol–water partition coefficient (Wildman–Crippen LogP) is 1.25. The van der Waals surface area contributed by atoms with Crippen LogP contribution < -0.4 is 11.1 Å². The van der Waals surface area contributed by atoms with Crippen LogP contribution in [0.25, 0.3) is 0 Å². The lowest BCUT2D eigenvalue weighted by Crippen LogP contribution is -2.35. The summed E-state index contributed by atoms with van der Waals surface area (Å²) in [4.78, 5) is 11.9. The van der Waals surface area contributed by atoms with Gasteiger partial charge in [-0.15, -0.1) is 5.10 Å². The molecule has 20 heavy (non-hydrogen) atoms. The highest BCUT2D eigenvalue weighted by Crippen LogP contribution is 2.03. The van der Waals surface area contributed by atoms with E-state index < -0.39 is 0 Å². The molecular formula is C14H27N5O. The van der Waals surface area contributed by atoms with E-state index in [2.05, 4.69) is 22.6 Å². The number of nitrogens with two attached hydrogens (primary N) is 1. The summed E-state index contributed by atoms with van der Waals surface area (Å²) in [5, 5.41) is 11.0. The first-order valence-electron chi connectivity index (χ1n) is 7.54. The molecule has 1 aromatic rings. The molecule has 6 heteroatoms. The Labute approximate surface area is 121 Å². The number of aryl methyl sites for hydroxylation is 1. The molecule has 1 aromatic heterocycles. The number of carbonyl (C=O) groups is 1. The average molecular weight is 281 g/mol. The summed E-state index contributed by atoms with van der Waals surface area (Å²) in [6.07, 6.45) is 8.12. The first-order chi connectivity index (χ1) is 9.65. The van der Waals surface area contributed by atoms with Gasteiger partial charge in [-0.2, -0.15) is 0 Å². The number of unbranched alkanes of at least 4 members (excludes halogenated alkanes) is 2. The van der Waals surface area contributed by atoms with Gasteiger partial charge in [0.1, 0.15) is 6.54 Å². The van der Waals surface area contributed by atoms with Crippen molar-refractivity contribution in [3.63, 3.8) is 0 Å². The second-order valence-electron chi connectivity index (χ2n) is 5.26. The largest absolute Gasteiger partial charge is 0.352 e. The van der Waals surface area contributed by atoms with Crippen LogP contribution >= 0.6 is 0 Å². The predicted molar refractivity (Wildman–Crippen MR) is 79.1 cm³/mol. The first-order valence-corrected chi connectivity index (χ1v) is 7.54. The van der Waals surface area contributed by atoms with Gasteiger partial charge in [0.2, 0.25) is 5.91 Å². The minimum Gasteiger partial charge on any atom is -0.352 e. The van der Waals surface area contributed by atoms with Gasteiger partial charge in [-0.25, -0.2) is 4.68 Å². The van der Waals surface area contributed by atoms with Gasteiger partial charge in [0.15, 0.2) is 0 Å². The highest BCUT2D eigenvalue weighted by Gasteiger charge is 2.09. The van der Waals surface area contributed by atoms with Crippen molar-refractivity contribution in [2.45, 2.75) is 65.0 Å². The topological polar surface area (TPSA) is 85.8 Å². The second-order valence-corrected chi connectivity index (χ2v) is 5.26. The van der Waals surface area contributed by atoms with Crippen LogP contribution in [0, 0.1) is 0 Å². The van der Waals surface area contributed by atoms with Crippen molar-refractivity contribution in [3.8, 4) is 0 Å². The van der Waals surface area contributed by atoms with E-state index >= 15 is 0 Å². The highest BCUT2D eigenvalue weighted by molar-refractivity contribution is 5.75. The number of hydrogen-bond donors (Lipinski definition) is 2. The molecule has 6 nitrogen and oxygen atoms in total. The molecule has 1 heterocycles. The molecular weight excluding hydrogens is 254 g/mol. The molecule has 0 spiro atoms. The van der Waals surface area contributed by atoms with Crippen LogP contribution in [0.2, 0.25) is 0 Å². The smallest absolute Gasteiger partial charge is 0.242 e. The molecule has 0 saturated heterocycles. The second kappa shape index (κ2) is 9.47. The minimum absolute atomic E-state index is 0.00993. The molecule has 1 amide bonds. The van der Waals surface area contributed by atoms with E-state index in [4.69, 9.17) is 5.73 Å². The average Bonchev–Trinajstić information content (AvgIpc) is 2.84. The molecule has 0 aliphatic carbocycles. The molecule has 0 aliphatic heterocycles. The molecule has 0 saturated carbocycles. The van der Waals surface area contributed by atoms with E-state index in [0.717, 1.165) is 31.4 Å². The third kappa shape index (κ3) is 6.65. The Morgan fingerprint density at radius 1 is 1.45 bits per heavy atom. The zero-order valence-electron chi connectivity index (χ0n) is 12.6. The lowest BCUT2D eigenvalue weighted by atomic mass is 10.1. The van der Waals surface area contributed by atoms with Crippen LogP contribution in [0.5, 0.6) is 0 Å². The Bertz CT molecular complexity index is 391. The van der Waals surface area contributed by atoms with Crippen molar-refractivity contribution >= 4 is 5.91 Å². The lowest BCUT2D eigenvalue weighted by Gasteiger charge is -2.13. The zero-order valence-corrected chi connectivity index (χ0v) is 12.6. The third-order valence-corrected chi connectivity index (χ3v) is 3.18. The summed E-state index contributed by atoms with van der Waals surface area (Å²) < 4.78 is 1.58. The van der Waals surface area contributed by atoms with Crippen LogP contribution in [-0.2, 0) is 17.8 Å². The van der Waals surface area contributed by atoms with Gasteiger partial charge in [0, 0.05) is 12.2 Å². The molecule has 1 rings (SSSR count). The monoisotopic (exact) mass is 281 g/mol. The van der Waals surface area contributed by atoms with Crippen molar-refractivity contribution in [2.75, 3.05) is 6.54 Å². The summed E-state index contributed by atoms with van der Waals surface area (Å²) in [5.74, 6) is -0.00993. The summed E-state index contributed by atoms with van der Waals surface area (Å²) >= 11 is 0. The maximum atomic E-state index is 11.9. The summed E-state index contributed by atoms with van der Waals surface area (Å²) in [6, 6.07) is 0.217. The van der Waals surface area contributed by atoms with E-state index in [9.17, 15) is 4.79 Å². The maximum absolute atomic E-state index is 11.9. The van der Waals surface area contributed by atoms with Crippen molar-refractivity contribution in [1.82, 2.24) is 20.3 Å². The molecule has 1 atom stereocenters. The van der Waals surface area contributed by atoms with Gasteiger partial charge in [-0.3, -0.25) is 4.79 Å². The quantitative estimate of drug-likeness (QED) is 0.632. The van der Waals surface area contributed by atoms with E-state index in [1.165, 1.54) is 12.8 Å². The number of nitrogens with zero attached hydrogens (tertiary/aromatic N) is 3. The van der Waals surface area contributed by atoms with E-state index in [-0.39, 0.29) is 18.5 Å². The van der Waals surface area contributed by atoms with Gasteiger partial charge >= 0.3 is 0 Å². The Morgan fingerprint density at radius 3 is 2.95 bits per heavy atom. The summed E-state index contributed by atoms with van der Waals surface area (Å²) in [7, 11) is 0. The fraction of sp³-hybridized carbons (Fsp3) is 0.786. The molecule has 114 valence electrons. The first kappa shape index (κ1) is 16.6. The Morgan fingerprint density at radius 2 is 2.25 bits per heavy atom. The lowest BCUT2D eigenvalue weighted by molar-refractivity contribution is -0.122. The van der Waals surface area contributed by atoms with Gasteiger partial charge < -0.3 is 11.1 Å². The maximum Gasteiger partial charge on any atom is 0.242 e. The van der Waals surface area contributed by atoms with Gasteiger partial charge in [0.05, 0.1) is 5.69 Å². The number of nitrogens with one attached hydrogen (secondary N) is 1. The van der Waals surface area contributed by atoms with E-state index in [1.54, 1.807) is 4.68 Å². The minimum atomic E-state index is -0.00993. The van der Waals surface area contributed by atoms with Gasteiger partial charge in [-0.1, -0.05) is 31.4 Å². The van der Waals surface area contributed by atoms with E-state index in [1.807, 2.05) is 13.1 Å². The van der Waals surface area contributed by atoms with Gasteiger partial charge in [-0.05, 0) is 32.7 Å². The fourth-order valence-electron chi connectivity index (χ4n) is 2.05. The molecule has 0 fully saturated rings. The Kier molecular flexibility index (Phi) is 7.87. The van der Waals surface area contributed by atoms with Crippen LogP contribution in [0.3, 0.4) is 0 Å². The summed E-state index contributed by atoms with van der Waals surface area (Å²) in [6.45, 7) is 5.09. The van der Waals surface area contributed by atoms with Gasteiger partial charge in [0.25, 0.3) is 0 Å². The van der Waals surface area contributed by atoms with Crippen molar-refractivity contribution in [2.24, 2.45) is 5.73 Å². The number of rotatable bonds is 10. The molecule has 0 radical (unpaired) electrons. The molecule has 1 unspecified atom stereocenters. The molecule has 0 aliphatic rings. The van der Waals surface area contributed by atoms with Crippen molar-refractivity contribution in [1.29, 1.82) is 0 Å². The molecule has 0 bridgehead atoms. The molecule has 0 aromatic carbocycles. The Hall–Kier alpha value is -1.43. The number of amides is 1. The zero-order chi connectivity index (χ0) is 14.8. The molecule has 3 N–H and O–H groups in total. The summed E-state index contributed by atoms with van der Waals surface area (Å²) in [5.41, 5.74) is 6.34. The van der Waals surface area contributed by atoms with Crippen LogP contribution in [-0.4, -0.2) is 33.5 Å². The SMILES string of the molecule is CCCCCC(C)NC(=O)Cn1cc(CCCN)nn1. The van der Waals surface area contributed by atoms with Crippen molar-refractivity contribution < 1.29 is 4.79 Å². The third-order valence-electron chi connectivity index (χ3n) is 3.18. The van der Waals surface area contributed by atoms with E-state index in [0.29, 0.717) is 6.54 Å². The number of aromatic nitrogens is 3. The van der Waals surface area contributed by atoms with Crippen molar-refractivity contribution in [3.05, 3.63) is 11.9 Å². The van der Waals surface area contributed by atoms with Crippen LogP contribution in [0.1, 0.15) is 51.6 Å². The number of carbonyl (C=O) groups excluding carboxylic acids is 1.